The van der Waals surface area contributed by atoms with Crippen molar-refractivity contribution in [2.24, 2.45) is 0 Å². The Hall–Kier alpha value is -2.96. The second-order valence-electron chi connectivity index (χ2n) is 5.05. The quantitative estimate of drug-likeness (QED) is 0.711. The Morgan fingerprint density at radius 2 is 1.84 bits per heavy atom. The molecule has 0 fully saturated rings. The van der Waals surface area contributed by atoms with E-state index in [1.54, 1.807) is 25.1 Å². The van der Waals surface area contributed by atoms with E-state index < -0.39 is 11.9 Å². The Labute approximate surface area is 145 Å². The summed E-state index contributed by atoms with van der Waals surface area (Å²) in [5.41, 5.74) is 0.623. The first-order valence-electron chi connectivity index (χ1n) is 7.65. The minimum atomic E-state index is -0.544. The summed E-state index contributed by atoms with van der Waals surface area (Å²) in [6.45, 7) is 3.81. The topological polar surface area (TPSA) is 84.2 Å². The predicted molar refractivity (Wildman–Crippen MR) is 88.1 cm³/mol. The Morgan fingerprint density at radius 3 is 2.48 bits per heavy atom. The molecule has 0 bridgehead atoms. The van der Waals surface area contributed by atoms with Crippen molar-refractivity contribution in [1.29, 1.82) is 0 Å². The van der Waals surface area contributed by atoms with Crippen LogP contribution in [0.25, 0.3) is 0 Å². The van der Waals surface area contributed by atoms with E-state index in [1.807, 2.05) is 6.92 Å². The van der Waals surface area contributed by atoms with E-state index in [0.29, 0.717) is 40.8 Å². The first-order valence-corrected chi connectivity index (χ1v) is 7.65. The highest BCUT2D eigenvalue weighted by molar-refractivity contribution is 5.91. The Morgan fingerprint density at radius 1 is 1.08 bits per heavy atom. The zero-order chi connectivity index (χ0) is 18.4. The lowest BCUT2D eigenvalue weighted by molar-refractivity contribution is 0.0443. The second kappa shape index (κ2) is 8.23. The molecule has 7 nitrogen and oxygen atoms in total. The fraction of sp³-hybridized carbons (Fsp3) is 0.333. The smallest absolute Gasteiger partial charge is 0.341 e. The Kier molecular flexibility index (Phi) is 6.05. The van der Waals surface area contributed by atoms with E-state index in [0.717, 1.165) is 0 Å². The van der Waals surface area contributed by atoms with Gasteiger partial charge in [-0.2, -0.15) is 0 Å². The second-order valence-corrected chi connectivity index (χ2v) is 5.05. The molecule has 1 aromatic carbocycles. The number of methoxy groups -OCH3 is 2. The molecule has 0 unspecified atom stereocenters. The van der Waals surface area contributed by atoms with Gasteiger partial charge in [-0.1, -0.05) is 0 Å². The largest absolute Gasteiger partial charge is 0.493 e. The number of carbonyl (C=O) groups is 2. The number of aryl methyl sites for hydroxylation is 1. The third-order valence-corrected chi connectivity index (χ3v) is 3.42. The Balaban J connectivity index is 2.07. The fourth-order valence-electron chi connectivity index (χ4n) is 2.22. The van der Waals surface area contributed by atoms with Crippen LogP contribution in [0.4, 0.5) is 0 Å². The van der Waals surface area contributed by atoms with Crippen molar-refractivity contribution in [2.75, 3.05) is 20.8 Å². The lowest BCUT2D eigenvalue weighted by Gasteiger charge is -2.10. The van der Waals surface area contributed by atoms with E-state index in [9.17, 15) is 9.59 Å². The first-order chi connectivity index (χ1) is 12.0. The number of esters is 2. The van der Waals surface area contributed by atoms with Crippen LogP contribution in [-0.4, -0.2) is 32.8 Å². The molecule has 2 aromatic rings. The maximum absolute atomic E-state index is 12.2. The molecule has 0 aliphatic heterocycles. The molecular weight excluding hydrogens is 328 g/mol. The average molecular weight is 348 g/mol. The van der Waals surface area contributed by atoms with Crippen molar-refractivity contribution in [1.82, 2.24) is 0 Å². The third kappa shape index (κ3) is 4.32. The van der Waals surface area contributed by atoms with Crippen molar-refractivity contribution >= 4 is 11.9 Å². The number of furan rings is 1. The van der Waals surface area contributed by atoms with Gasteiger partial charge in [-0.25, -0.2) is 9.59 Å². The van der Waals surface area contributed by atoms with E-state index in [2.05, 4.69) is 4.74 Å². The van der Waals surface area contributed by atoms with E-state index in [1.165, 1.54) is 20.3 Å². The van der Waals surface area contributed by atoms with Gasteiger partial charge in [0, 0.05) is 0 Å². The van der Waals surface area contributed by atoms with Crippen LogP contribution in [0.1, 0.15) is 39.2 Å². The van der Waals surface area contributed by atoms with E-state index in [-0.39, 0.29) is 6.61 Å². The molecule has 0 atom stereocenters. The van der Waals surface area contributed by atoms with Crippen molar-refractivity contribution in [2.45, 2.75) is 20.5 Å². The summed E-state index contributed by atoms with van der Waals surface area (Å²) in [6.07, 6.45) is 0. The van der Waals surface area contributed by atoms with Crippen LogP contribution in [0.15, 0.2) is 28.7 Å². The predicted octanol–water partition coefficient (Wildman–Crippen LogP) is 3.14. The van der Waals surface area contributed by atoms with Crippen molar-refractivity contribution in [3.8, 4) is 11.5 Å². The highest BCUT2D eigenvalue weighted by atomic mass is 16.5. The SMILES string of the molecule is CCOc1cc(C(=O)OCc2cc(C(=O)OC)c(C)o2)ccc1OC. The van der Waals surface area contributed by atoms with Gasteiger partial charge in [-0.15, -0.1) is 0 Å². The standard InChI is InChI=1S/C18H20O7/c1-5-23-16-8-12(6-7-15(16)21-3)17(19)24-10-13-9-14(11(2)25-13)18(20)22-4/h6-9H,5,10H2,1-4H3. The van der Waals surface area contributed by atoms with Crippen LogP contribution >= 0.6 is 0 Å². The van der Waals surface area contributed by atoms with Crippen LogP contribution in [0, 0.1) is 6.92 Å². The number of hydrogen-bond donors (Lipinski definition) is 0. The highest BCUT2D eigenvalue weighted by Gasteiger charge is 2.17. The van der Waals surface area contributed by atoms with Gasteiger partial charge in [-0.3, -0.25) is 0 Å². The zero-order valence-corrected chi connectivity index (χ0v) is 14.6. The summed E-state index contributed by atoms with van der Waals surface area (Å²) < 4.78 is 25.9. The highest BCUT2D eigenvalue weighted by Crippen LogP contribution is 2.28. The van der Waals surface area contributed by atoms with Gasteiger partial charge in [-0.05, 0) is 38.1 Å². The minimum Gasteiger partial charge on any atom is -0.493 e. The number of carbonyl (C=O) groups excluding carboxylic acids is 2. The maximum atomic E-state index is 12.2. The molecule has 1 aromatic heterocycles. The summed E-state index contributed by atoms with van der Waals surface area (Å²) in [5.74, 6) is 0.697. The monoisotopic (exact) mass is 348 g/mol. The number of benzene rings is 1. The van der Waals surface area contributed by atoms with Gasteiger partial charge in [0.15, 0.2) is 11.5 Å². The summed E-state index contributed by atoms with van der Waals surface area (Å²) in [7, 11) is 2.81. The number of rotatable bonds is 7. The lowest BCUT2D eigenvalue weighted by Crippen LogP contribution is -2.06. The van der Waals surface area contributed by atoms with Gasteiger partial charge in [0.25, 0.3) is 0 Å². The average Bonchev–Trinajstić information content (AvgIpc) is 3.00. The molecule has 0 spiro atoms. The zero-order valence-electron chi connectivity index (χ0n) is 14.6. The molecule has 0 saturated carbocycles. The first kappa shape index (κ1) is 18.4. The summed E-state index contributed by atoms with van der Waals surface area (Å²) in [4.78, 5) is 23.8. The van der Waals surface area contributed by atoms with Crippen LogP contribution in [0.2, 0.25) is 0 Å². The van der Waals surface area contributed by atoms with Crippen molar-refractivity contribution in [3.05, 3.63) is 46.9 Å². The minimum absolute atomic E-state index is 0.104. The molecule has 0 aliphatic rings. The molecule has 0 radical (unpaired) electrons. The molecule has 25 heavy (non-hydrogen) atoms. The van der Waals surface area contributed by atoms with E-state index >= 15 is 0 Å². The van der Waals surface area contributed by atoms with Gasteiger partial charge >= 0.3 is 11.9 Å². The number of hydrogen-bond acceptors (Lipinski definition) is 7. The molecule has 134 valence electrons. The molecular formula is C18H20O7. The maximum Gasteiger partial charge on any atom is 0.341 e. The van der Waals surface area contributed by atoms with E-state index in [4.69, 9.17) is 18.6 Å². The third-order valence-electron chi connectivity index (χ3n) is 3.42. The molecule has 0 amide bonds. The lowest BCUT2D eigenvalue weighted by atomic mass is 10.2. The Bertz CT molecular complexity index is 761. The van der Waals surface area contributed by atoms with Crippen molar-refractivity contribution < 1.29 is 33.0 Å². The molecule has 1 heterocycles. The fourth-order valence-corrected chi connectivity index (χ4v) is 2.22. The molecule has 7 heteroatoms. The van der Waals surface area contributed by atoms with Crippen LogP contribution in [0.5, 0.6) is 11.5 Å². The summed E-state index contributed by atoms with van der Waals surface area (Å²) in [5, 5.41) is 0. The number of ether oxygens (including phenoxy) is 4. The van der Waals surface area contributed by atoms with Gasteiger partial charge in [0.1, 0.15) is 23.7 Å². The van der Waals surface area contributed by atoms with Gasteiger partial charge < -0.3 is 23.4 Å². The normalized spacial score (nSPS) is 10.2. The van der Waals surface area contributed by atoms with Gasteiger partial charge in [0.2, 0.25) is 0 Å². The molecule has 0 N–H and O–H groups in total. The molecule has 2 rings (SSSR count). The molecule has 0 aliphatic carbocycles. The van der Waals surface area contributed by atoms with Crippen LogP contribution in [-0.2, 0) is 16.1 Å². The van der Waals surface area contributed by atoms with Crippen LogP contribution < -0.4 is 9.47 Å². The van der Waals surface area contributed by atoms with Crippen LogP contribution in [0.3, 0.4) is 0 Å². The van der Waals surface area contributed by atoms with Gasteiger partial charge in [0.05, 0.1) is 26.4 Å². The molecule has 0 saturated heterocycles. The summed E-state index contributed by atoms with van der Waals surface area (Å²) >= 11 is 0. The summed E-state index contributed by atoms with van der Waals surface area (Å²) in [6, 6.07) is 6.26. The van der Waals surface area contributed by atoms with Crippen molar-refractivity contribution in [3.63, 3.8) is 0 Å².